The molecule has 2 rings (SSSR count). The topological polar surface area (TPSA) is 74.5 Å². The molecule has 7 heteroatoms. The van der Waals surface area contributed by atoms with E-state index in [4.69, 9.17) is 0 Å². The fourth-order valence-electron chi connectivity index (χ4n) is 2.05. The van der Waals surface area contributed by atoms with Gasteiger partial charge < -0.3 is 14.9 Å². The Hall–Kier alpha value is -1.47. The molecule has 1 saturated heterocycles. The van der Waals surface area contributed by atoms with E-state index in [0.29, 0.717) is 12.1 Å². The summed E-state index contributed by atoms with van der Waals surface area (Å²) in [5.41, 5.74) is 0.522. The number of aliphatic hydroxyl groups is 1. The molecule has 1 aromatic rings. The van der Waals surface area contributed by atoms with Gasteiger partial charge in [-0.1, -0.05) is 12.1 Å². The lowest BCUT2D eigenvalue weighted by Crippen LogP contribution is -2.48. The maximum Gasteiger partial charge on any atom is 0.244 e. The molecule has 0 saturated carbocycles. The lowest BCUT2D eigenvalue weighted by molar-refractivity contribution is -0.133. The molecular formula is C12H21N5O2. The molecule has 1 aromatic heterocycles. The van der Waals surface area contributed by atoms with Gasteiger partial charge in [0, 0.05) is 26.2 Å². The van der Waals surface area contributed by atoms with Gasteiger partial charge >= 0.3 is 0 Å². The van der Waals surface area contributed by atoms with Gasteiger partial charge in [-0.05, 0) is 13.5 Å². The van der Waals surface area contributed by atoms with Gasteiger partial charge in [-0.15, -0.1) is 5.10 Å². The number of aliphatic hydroxyl groups excluding tert-OH is 1. The second kappa shape index (κ2) is 6.12. The van der Waals surface area contributed by atoms with Crippen LogP contribution in [0.15, 0.2) is 6.20 Å². The molecule has 1 amide bonds. The minimum atomic E-state index is -0.604. The summed E-state index contributed by atoms with van der Waals surface area (Å²) >= 11 is 0. The zero-order valence-electron chi connectivity index (χ0n) is 11.5. The average molecular weight is 267 g/mol. The van der Waals surface area contributed by atoms with Crippen LogP contribution in [0.2, 0.25) is 0 Å². The Morgan fingerprint density at radius 2 is 2.11 bits per heavy atom. The molecular weight excluding hydrogens is 246 g/mol. The Kier molecular flexibility index (Phi) is 4.49. The molecule has 7 nitrogen and oxygen atoms in total. The Balaban J connectivity index is 1.90. The molecule has 0 spiro atoms. The zero-order valence-corrected chi connectivity index (χ0v) is 11.5. The Bertz CT molecular complexity index is 426. The van der Waals surface area contributed by atoms with Gasteiger partial charge in [0.25, 0.3) is 0 Å². The highest BCUT2D eigenvalue weighted by atomic mass is 16.3. The van der Waals surface area contributed by atoms with E-state index in [1.807, 2.05) is 11.8 Å². The summed E-state index contributed by atoms with van der Waals surface area (Å²) in [5.74, 6) is 0.0514. The van der Waals surface area contributed by atoms with Crippen LogP contribution in [-0.4, -0.2) is 69.0 Å². The summed E-state index contributed by atoms with van der Waals surface area (Å²) in [6.07, 6.45) is 1.63. The largest absolute Gasteiger partial charge is 0.387 e. The number of aromatic nitrogens is 3. The summed E-state index contributed by atoms with van der Waals surface area (Å²) in [5, 5.41) is 17.4. The number of hydrogen-bond donors (Lipinski definition) is 1. The molecule has 1 atom stereocenters. The number of carbonyl (C=O) groups is 1. The molecule has 1 aliphatic heterocycles. The number of hydrogen-bond acceptors (Lipinski definition) is 5. The van der Waals surface area contributed by atoms with Crippen LogP contribution in [0.3, 0.4) is 0 Å². The van der Waals surface area contributed by atoms with Gasteiger partial charge in [0.15, 0.2) is 0 Å². The Morgan fingerprint density at radius 3 is 2.74 bits per heavy atom. The number of amides is 1. The van der Waals surface area contributed by atoms with Gasteiger partial charge in [0.1, 0.15) is 12.2 Å². The summed E-state index contributed by atoms with van der Waals surface area (Å²) in [4.78, 5) is 16.1. The summed E-state index contributed by atoms with van der Waals surface area (Å²) in [6.45, 7) is 5.39. The number of likely N-dealkylation sites (N-methyl/N-ethyl adjacent to an activating group) is 1. The van der Waals surface area contributed by atoms with E-state index in [1.165, 1.54) is 4.68 Å². The maximum atomic E-state index is 12.1. The first-order valence-corrected chi connectivity index (χ1v) is 6.64. The van der Waals surface area contributed by atoms with Crippen molar-refractivity contribution in [2.45, 2.75) is 26.0 Å². The summed E-state index contributed by atoms with van der Waals surface area (Å²) in [7, 11) is 2.05. The maximum absolute atomic E-state index is 12.1. The fraction of sp³-hybridized carbons (Fsp3) is 0.750. The quantitative estimate of drug-likeness (QED) is 0.795. The standard InChI is InChI=1S/C12H21N5O2/c1-3-11(18)10-8-17(14-13-10)9-12(19)16-6-4-15(2)5-7-16/h8,11,18H,3-7,9H2,1-2H3. The Labute approximate surface area is 112 Å². The first-order chi connectivity index (χ1) is 9.10. The van der Waals surface area contributed by atoms with E-state index in [2.05, 4.69) is 22.3 Å². The van der Waals surface area contributed by atoms with E-state index < -0.39 is 6.10 Å². The van der Waals surface area contributed by atoms with E-state index in [0.717, 1.165) is 26.2 Å². The number of carbonyl (C=O) groups excluding carboxylic acids is 1. The third kappa shape index (κ3) is 3.51. The highest BCUT2D eigenvalue weighted by Gasteiger charge is 2.20. The highest BCUT2D eigenvalue weighted by Crippen LogP contribution is 2.12. The van der Waals surface area contributed by atoms with Crippen molar-refractivity contribution in [3.05, 3.63) is 11.9 Å². The van der Waals surface area contributed by atoms with Crippen LogP contribution in [0.1, 0.15) is 25.1 Å². The van der Waals surface area contributed by atoms with Crippen molar-refractivity contribution in [2.75, 3.05) is 33.2 Å². The van der Waals surface area contributed by atoms with Crippen LogP contribution in [-0.2, 0) is 11.3 Å². The first kappa shape index (κ1) is 14.0. The van der Waals surface area contributed by atoms with Crippen molar-refractivity contribution in [1.29, 1.82) is 0 Å². The molecule has 0 aromatic carbocycles. The van der Waals surface area contributed by atoms with Crippen LogP contribution in [0, 0.1) is 0 Å². The predicted octanol–water partition coefficient (Wildman–Crippen LogP) is -0.504. The van der Waals surface area contributed by atoms with Crippen molar-refractivity contribution in [1.82, 2.24) is 24.8 Å². The van der Waals surface area contributed by atoms with Gasteiger partial charge in [-0.3, -0.25) is 4.79 Å². The molecule has 0 radical (unpaired) electrons. The van der Waals surface area contributed by atoms with Crippen molar-refractivity contribution in [3.8, 4) is 0 Å². The van der Waals surface area contributed by atoms with Crippen LogP contribution in [0.4, 0.5) is 0 Å². The minimum absolute atomic E-state index is 0.0514. The smallest absolute Gasteiger partial charge is 0.244 e. The molecule has 2 heterocycles. The number of piperazine rings is 1. The van der Waals surface area contributed by atoms with Crippen molar-refractivity contribution in [2.24, 2.45) is 0 Å². The number of nitrogens with zero attached hydrogens (tertiary/aromatic N) is 5. The van der Waals surface area contributed by atoms with E-state index in [1.54, 1.807) is 6.20 Å². The lowest BCUT2D eigenvalue weighted by Gasteiger charge is -2.32. The molecule has 106 valence electrons. The van der Waals surface area contributed by atoms with Crippen LogP contribution >= 0.6 is 0 Å². The average Bonchev–Trinajstić information content (AvgIpc) is 2.87. The molecule has 19 heavy (non-hydrogen) atoms. The number of rotatable bonds is 4. The molecule has 0 bridgehead atoms. The molecule has 0 aliphatic carbocycles. The van der Waals surface area contributed by atoms with E-state index in [9.17, 15) is 9.90 Å². The predicted molar refractivity (Wildman–Crippen MR) is 69.3 cm³/mol. The van der Waals surface area contributed by atoms with Crippen LogP contribution < -0.4 is 0 Å². The van der Waals surface area contributed by atoms with E-state index >= 15 is 0 Å². The molecule has 1 aliphatic rings. The summed E-state index contributed by atoms with van der Waals surface area (Å²) in [6, 6.07) is 0. The van der Waals surface area contributed by atoms with Gasteiger partial charge in [-0.25, -0.2) is 4.68 Å². The Morgan fingerprint density at radius 1 is 1.42 bits per heavy atom. The molecule has 1 unspecified atom stereocenters. The van der Waals surface area contributed by atoms with Crippen molar-refractivity contribution in [3.63, 3.8) is 0 Å². The molecule has 1 N–H and O–H groups in total. The monoisotopic (exact) mass is 267 g/mol. The second-order valence-electron chi connectivity index (χ2n) is 4.95. The lowest BCUT2D eigenvalue weighted by atomic mass is 10.2. The van der Waals surface area contributed by atoms with Gasteiger partial charge in [0.2, 0.25) is 5.91 Å². The van der Waals surface area contributed by atoms with Crippen LogP contribution in [0.5, 0.6) is 0 Å². The second-order valence-corrected chi connectivity index (χ2v) is 4.95. The van der Waals surface area contributed by atoms with Gasteiger partial charge in [-0.2, -0.15) is 0 Å². The van der Waals surface area contributed by atoms with Crippen LogP contribution in [0.25, 0.3) is 0 Å². The summed E-state index contributed by atoms with van der Waals surface area (Å²) < 4.78 is 1.49. The third-order valence-corrected chi connectivity index (χ3v) is 3.44. The van der Waals surface area contributed by atoms with Crippen molar-refractivity contribution >= 4 is 5.91 Å². The fourth-order valence-corrected chi connectivity index (χ4v) is 2.05. The normalized spacial score (nSPS) is 18.6. The minimum Gasteiger partial charge on any atom is -0.387 e. The first-order valence-electron chi connectivity index (χ1n) is 6.64. The highest BCUT2D eigenvalue weighted by molar-refractivity contribution is 5.76. The van der Waals surface area contributed by atoms with Crippen molar-refractivity contribution < 1.29 is 9.90 Å². The van der Waals surface area contributed by atoms with Gasteiger partial charge in [0.05, 0.1) is 12.3 Å². The SMILES string of the molecule is CCC(O)c1cn(CC(=O)N2CCN(C)CC2)nn1. The molecule has 1 fully saturated rings. The van der Waals surface area contributed by atoms with E-state index in [-0.39, 0.29) is 12.5 Å². The zero-order chi connectivity index (χ0) is 13.8. The third-order valence-electron chi connectivity index (χ3n) is 3.44.